The molecule has 2 unspecified atom stereocenters. The lowest BCUT2D eigenvalue weighted by atomic mass is 10.0. The van der Waals surface area contributed by atoms with E-state index in [1.165, 1.54) is 141 Å². The summed E-state index contributed by atoms with van der Waals surface area (Å²) in [5.74, 6) is -0.785. The first-order chi connectivity index (χ1) is 25.0. The number of esters is 2. The van der Waals surface area contributed by atoms with Crippen LogP contribution in [0.1, 0.15) is 206 Å². The molecule has 0 aromatic rings. The summed E-state index contributed by atoms with van der Waals surface area (Å²) in [5, 5.41) is 0. The molecule has 2 atom stereocenters. The monoisotopic (exact) mass is 763 g/mol. The zero-order chi connectivity index (χ0) is 38.6. The molecule has 0 aliphatic carbocycles. The van der Waals surface area contributed by atoms with Crippen molar-refractivity contribution >= 4 is 19.8 Å². The molecule has 0 saturated carbocycles. The Morgan fingerprint density at radius 3 is 1.23 bits per heavy atom. The fourth-order valence-corrected chi connectivity index (χ4v) is 6.93. The van der Waals surface area contributed by atoms with Crippen molar-refractivity contribution in [1.82, 2.24) is 0 Å². The summed E-state index contributed by atoms with van der Waals surface area (Å²) in [7, 11) is 1.49. The molecule has 1 N–H and O–H groups in total. The molecule has 9 nitrogen and oxygen atoms in total. The van der Waals surface area contributed by atoms with Crippen molar-refractivity contribution in [2.45, 2.75) is 213 Å². The van der Waals surface area contributed by atoms with E-state index in [0.717, 1.165) is 38.5 Å². The SMILES string of the molecule is CCCCCCCCCCCCCCCCCC(=O)OC(COC(=O)CCCCCCCCCCCCCCC)COP(=O)(O)OCC[N+](C)(C)C. The van der Waals surface area contributed by atoms with Gasteiger partial charge >= 0.3 is 19.8 Å². The highest BCUT2D eigenvalue weighted by Gasteiger charge is 2.27. The summed E-state index contributed by atoms with van der Waals surface area (Å²) in [6, 6.07) is 0. The van der Waals surface area contributed by atoms with E-state index >= 15 is 0 Å². The molecule has 0 spiro atoms. The molecule has 0 aliphatic rings. The molecule has 0 radical (unpaired) electrons. The predicted molar refractivity (Wildman–Crippen MR) is 215 cm³/mol. The van der Waals surface area contributed by atoms with Crippen LogP contribution in [-0.2, 0) is 32.7 Å². The Kier molecular flexibility index (Phi) is 35.0. The molecule has 0 aromatic heterocycles. The zero-order valence-electron chi connectivity index (χ0n) is 34.8. The lowest BCUT2D eigenvalue weighted by Gasteiger charge is -2.24. The molecule has 0 aromatic carbocycles. The molecule has 0 heterocycles. The van der Waals surface area contributed by atoms with Crippen LogP contribution in [0.3, 0.4) is 0 Å². The van der Waals surface area contributed by atoms with Gasteiger partial charge in [-0.1, -0.05) is 181 Å². The van der Waals surface area contributed by atoms with Gasteiger partial charge in [-0.3, -0.25) is 18.6 Å². The fraction of sp³-hybridized carbons (Fsp3) is 0.952. The summed E-state index contributed by atoms with van der Waals surface area (Å²) >= 11 is 0. The summed E-state index contributed by atoms with van der Waals surface area (Å²) in [6.07, 6.45) is 34.2. The highest BCUT2D eigenvalue weighted by atomic mass is 31.2. The first kappa shape index (κ1) is 51.0. The van der Waals surface area contributed by atoms with Gasteiger partial charge < -0.3 is 18.9 Å². The second kappa shape index (κ2) is 35.7. The lowest BCUT2D eigenvalue weighted by Crippen LogP contribution is -2.37. The maximum Gasteiger partial charge on any atom is 0.472 e. The summed E-state index contributed by atoms with van der Waals surface area (Å²) in [5.41, 5.74) is 0. The molecular formula is C42H85NO8P+. The van der Waals surface area contributed by atoms with Crippen LogP contribution >= 0.6 is 7.82 Å². The Bertz CT molecular complexity index is 865. The van der Waals surface area contributed by atoms with Crippen molar-refractivity contribution in [2.75, 3.05) is 47.5 Å². The van der Waals surface area contributed by atoms with Crippen LogP contribution in [0.5, 0.6) is 0 Å². The van der Waals surface area contributed by atoms with E-state index < -0.39 is 26.5 Å². The molecule has 0 aliphatic heterocycles. The van der Waals surface area contributed by atoms with Crippen LogP contribution in [0.4, 0.5) is 0 Å². The van der Waals surface area contributed by atoms with Gasteiger partial charge in [0.2, 0.25) is 0 Å². The number of unbranched alkanes of at least 4 members (excludes halogenated alkanes) is 26. The number of carbonyl (C=O) groups excluding carboxylic acids is 2. The standard InChI is InChI=1S/C42H84NO8P/c1-6-8-10-12-14-16-18-20-21-23-25-27-29-31-33-35-42(45)51-40(39-50-52(46,47)49-37-36-43(3,4)5)38-48-41(44)34-32-30-28-26-24-22-19-17-15-13-11-9-7-2/h40H,6-39H2,1-5H3/p+1. The van der Waals surface area contributed by atoms with E-state index in [1.807, 2.05) is 21.1 Å². The van der Waals surface area contributed by atoms with E-state index in [2.05, 4.69) is 13.8 Å². The number of phosphoric ester groups is 1. The topological polar surface area (TPSA) is 108 Å². The Hall–Kier alpha value is -0.990. The summed E-state index contributed by atoms with van der Waals surface area (Å²) < 4.78 is 34.3. The molecular weight excluding hydrogens is 677 g/mol. The van der Waals surface area contributed by atoms with Crippen LogP contribution in [0.15, 0.2) is 0 Å². The fourth-order valence-electron chi connectivity index (χ4n) is 6.19. The smallest absolute Gasteiger partial charge is 0.462 e. The minimum atomic E-state index is -4.36. The van der Waals surface area contributed by atoms with Crippen LogP contribution in [0.2, 0.25) is 0 Å². The average molecular weight is 763 g/mol. The molecule has 52 heavy (non-hydrogen) atoms. The quantitative estimate of drug-likeness (QED) is 0.0284. The average Bonchev–Trinajstić information content (AvgIpc) is 3.09. The Morgan fingerprint density at radius 1 is 0.519 bits per heavy atom. The first-order valence-corrected chi connectivity index (χ1v) is 23.3. The summed E-state index contributed by atoms with van der Waals surface area (Å²) in [6.45, 7) is 4.45. The van der Waals surface area contributed by atoms with Gasteiger partial charge in [0.1, 0.15) is 19.8 Å². The van der Waals surface area contributed by atoms with Crippen molar-refractivity contribution in [3.8, 4) is 0 Å². The molecule has 310 valence electrons. The maximum absolute atomic E-state index is 12.7. The third kappa shape index (κ3) is 38.7. The van der Waals surface area contributed by atoms with Crippen molar-refractivity contribution in [2.24, 2.45) is 0 Å². The lowest BCUT2D eigenvalue weighted by molar-refractivity contribution is -0.870. The minimum absolute atomic E-state index is 0.0367. The van der Waals surface area contributed by atoms with Gasteiger partial charge in [0, 0.05) is 12.8 Å². The van der Waals surface area contributed by atoms with E-state index in [9.17, 15) is 19.0 Å². The molecule has 0 bridgehead atoms. The second-order valence-electron chi connectivity index (χ2n) is 16.1. The number of hydrogen-bond donors (Lipinski definition) is 1. The highest BCUT2D eigenvalue weighted by molar-refractivity contribution is 7.47. The molecule has 0 saturated heterocycles. The number of phosphoric acid groups is 1. The second-order valence-corrected chi connectivity index (χ2v) is 17.6. The predicted octanol–water partition coefficient (Wildman–Crippen LogP) is 12.0. The Morgan fingerprint density at radius 2 is 0.865 bits per heavy atom. The molecule has 10 heteroatoms. The molecule has 0 rings (SSSR count). The number of likely N-dealkylation sites (N-methyl/N-ethyl adjacent to an activating group) is 1. The number of carbonyl (C=O) groups is 2. The molecule has 0 amide bonds. The largest absolute Gasteiger partial charge is 0.472 e. The zero-order valence-corrected chi connectivity index (χ0v) is 35.7. The minimum Gasteiger partial charge on any atom is -0.462 e. The number of quaternary nitrogens is 1. The van der Waals surface area contributed by atoms with E-state index in [4.69, 9.17) is 18.5 Å². The van der Waals surface area contributed by atoms with Crippen LogP contribution in [0.25, 0.3) is 0 Å². The van der Waals surface area contributed by atoms with Crippen LogP contribution < -0.4 is 0 Å². The first-order valence-electron chi connectivity index (χ1n) is 21.8. The van der Waals surface area contributed by atoms with E-state index in [0.29, 0.717) is 17.4 Å². The van der Waals surface area contributed by atoms with Gasteiger partial charge in [-0.25, -0.2) is 4.57 Å². The van der Waals surface area contributed by atoms with Crippen molar-refractivity contribution < 1.29 is 42.1 Å². The maximum atomic E-state index is 12.7. The van der Waals surface area contributed by atoms with E-state index in [-0.39, 0.29) is 25.6 Å². The van der Waals surface area contributed by atoms with Gasteiger partial charge in [0.15, 0.2) is 6.10 Å². The number of ether oxygens (including phenoxy) is 2. The van der Waals surface area contributed by atoms with Gasteiger partial charge in [0.25, 0.3) is 0 Å². The van der Waals surface area contributed by atoms with Crippen LogP contribution in [-0.4, -0.2) is 74.9 Å². The van der Waals surface area contributed by atoms with Gasteiger partial charge in [-0.05, 0) is 12.8 Å². The van der Waals surface area contributed by atoms with Crippen molar-refractivity contribution in [3.05, 3.63) is 0 Å². The molecule has 0 fully saturated rings. The van der Waals surface area contributed by atoms with E-state index in [1.54, 1.807) is 0 Å². The van der Waals surface area contributed by atoms with Crippen molar-refractivity contribution in [3.63, 3.8) is 0 Å². The van der Waals surface area contributed by atoms with Crippen LogP contribution in [0, 0.1) is 0 Å². The van der Waals surface area contributed by atoms with Gasteiger partial charge in [-0.15, -0.1) is 0 Å². The van der Waals surface area contributed by atoms with Gasteiger partial charge in [-0.2, -0.15) is 0 Å². The highest BCUT2D eigenvalue weighted by Crippen LogP contribution is 2.43. The van der Waals surface area contributed by atoms with Gasteiger partial charge in [0.05, 0.1) is 27.7 Å². The van der Waals surface area contributed by atoms with Crippen molar-refractivity contribution in [1.29, 1.82) is 0 Å². The normalized spacial score (nSPS) is 13.6. The number of nitrogens with zero attached hydrogens (tertiary/aromatic N) is 1. The Balaban J connectivity index is 4.33. The third-order valence-electron chi connectivity index (χ3n) is 9.64. The number of hydrogen-bond acceptors (Lipinski definition) is 7. The third-order valence-corrected chi connectivity index (χ3v) is 10.6. The summed E-state index contributed by atoms with van der Waals surface area (Å²) in [4.78, 5) is 35.3. The number of rotatable bonds is 40. The Labute approximate surface area is 321 Å².